The molecule has 0 radical (unpaired) electrons. The molecular formula is C20H27ClN6O5S. The van der Waals surface area contributed by atoms with Gasteiger partial charge in [0.25, 0.3) is 11.8 Å². The zero-order valence-electron chi connectivity index (χ0n) is 18.6. The molecule has 33 heavy (non-hydrogen) atoms. The number of piperidine rings is 1. The van der Waals surface area contributed by atoms with Crippen LogP contribution in [0.5, 0.6) is 0 Å². The summed E-state index contributed by atoms with van der Waals surface area (Å²) in [5.74, 6) is -1.99. The lowest BCUT2D eigenvalue weighted by Gasteiger charge is -2.38. The van der Waals surface area contributed by atoms with Crippen LogP contribution in [0.3, 0.4) is 0 Å². The molecule has 0 aliphatic carbocycles. The molecule has 0 spiro atoms. The first kappa shape index (κ1) is 24.9. The molecule has 2 atom stereocenters. The third-order valence-electron chi connectivity index (χ3n) is 5.23. The fraction of sp³-hybridized carbons (Fsp3) is 0.550. The van der Waals surface area contributed by atoms with Crippen molar-refractivity contribution < 1.29 is 24.2 Å². The highest BCUT2D eigenvalue weighted by Gasteiger charge is 2.34. The van der Waals surface area contributed by atoms with Crippen LogP contribution in [0, 0.1) is 0 Å². The van der Waals surface area contributed by atoms with Gasteiger partial charge in [-0.05, 0) is 19.3 Å². The van der Waals surface area contributed by atoms with E-state index < -0.39 is 11.9 Å². The van der Waals surface area contributed by atoms with Crippen molar-refractivity contribution in [3.63, 3.8) is 0 Å². The Labute approximate surface area is 199 Å². The highest BCUT2D eigenvalue weighted by molar-refractivity contribution is 7.17. The summed E-state index contributed by atoms with van der Waals surface area (Å²) in [6.45, 7) is 5.27. The fourth-order valence-electron chi connectivity index (χ4n) is 3.52. The number of anilines is 1. The van der Waals surface area contributed by atoms with Crippen molar-refractivity contribution in [2.45, 2.75) is 45.3 Å². The first-order valence-electron chi connectivity index (χ1n) is 10.7. The van der Waals surface area contributed by atoms with Gasteiger partial charge in [0.05, 0.1) is 17.8 Å². The van der Waals surface area contributed by atoms with Crippen molar-refractivity contribution >= 4 is 45.9 Å². The Bertz CT molecular complexity index is 1020. The summed E-state index contributed by atoms with van der Waals surface area (Å²) in [5, 5.41) is 15.6. The van der Waals surface area contributed by atoms with E-state index >= 15 is 0 Å². The molecule has 0 bridgehead atoms. The van der Waals surface area contributed by atoms with E-state index in [1.54, 1.807) is 0 Å². The molecular weight excluding hydrogens is 472 g/mol. The Hall–Kier alpha value is -2.70. The van der Waals surface area contributed by atoms with Gasteiger partial charge in [0.1, 0.15) is 4.88 Å². The predicted octanol–water partition coefficient (Wildman–Crippen LogP) is 1.94. The van der Waals surface area contributed by atoms with Crippen molar-refractivity contribution in [2.24, 2.45) is 0 Å². The van der Waals surface area contributed by atoms with Crippen LogP contribution in [0.4, 0.5) is 5.13 Å². The van der Waals surface area contributed by atoms with Gasteiger partial charge < -0.3 is 30.4 Å². The van der Waals surface area contributed by atoms with E-state index in [1.165, 1.54) is 7.05 Å². The monoisotopic (exact) mass is 498 g/mol. The van der Waals surface area contributed by atoms with Gasteiger partial charge in [-0.1, -0.05) is 36.8 Å². The molecule has 0 unspecified atom stereocenters. The van der Waals surface area contributed by atoms with Crippen molar-refractivity contribution in [2.75, 3.05) is 31.6 Å². The molecule has 1 fully saturated rings. The second-order valence-corrected chi connectivity index (χ2v) is 8.83. The predicted molar refractivity (Wildman–Crippen MR) is 124 cm³/mol. The Morgan fingerprint density at radius 2 is 2.06 bits per heavy atom. The number of carboxylic acids is 1. The maximum absolute atomic E-state index is 12.7. The number of hydrogen-bond donors (Lipinski definition) is 4. The van der Waals surface area contributed by atoms with Gasteiger partial charge >= 0.3 is 5.97 Å². The third kappa shape index (κ3) is 5.63. The molecule has 4 N–H and O–H groups in total. The van der Waals surface area contributed by atoms with Gasteiger partial charge in [-0.2, -0.15) is 0 Å². The molecule has 0 saturated carbocycles. The van der Waals surface area contributed by atoms with Crippen molar-refractivity contribution in [1.82, 2.24) is 25.6 Å². The van der Waals surface area contributed by atoms with Gasteiger partial charge in [0.2, 0.25) is 0 Å². The quantitative estimate of drug-likeness (QED) is 0.409. The summed E-state index contributed by atoms with van der Waals surface area (Å²) < 4.78 is 6.00. The van der Waals surface area contributed by atoms with Gasteiger partial charge in [-0.25, -0.2) is 14.8 Å². The molecule has 2 aromatic heterocycles. The second-order valence-electron chi connectivity index (χ2n) is 7.49. The largest absolute Gasteiger partial charge is 0.477 e. The number of aryl methyl sites for hydroxylation is 1. The normalized spacial score (nSPS) is 18.2. The molecule has 2 aromatic rings. The standard InChI is InChI=1S/C20H27ClN6O5S/c1-4-8-32-12-9-27(20-25-13(17(28)22-3)14(33-20)19(30)31)7-6-11(12)24-18(29)16-23-10(5-2)15(21)26-16/h11-12H,4-9H2,1-3H3,(H,22,28)(H,23,26)(H,24,29)(H,30,31)/t11-,12+/m1/s1. The number of nitrogens with one attached hydrogen (secondary N) is 3. The Balaban J connectivity index is 1.77. The molecule has 3 heterocycles. The molecule has 3 rings (SSSR count). The number of carbonyl (C=O) groups is 3. The number of aromatic nitrogens is 3. The average molecular weight is 499 g/mol. The topological polar surface area (TPSA) is 150 Å². The molecule has 180 valence electrons. The number of hydrogen-bond acceptors (Lipinski definition) is 8. The Morgan fingerprint density at radius 1 is 1.30 bits per heavy atom. The fourth-order valence-corrected chi connectivity index (χ4v) is 4.72. The number of H-pyrrole nitrogens is 1. The summed E-state index contributed by atoms with van der Waals surface area (Å²) >= 11 is 7.00. The zero-order chi connectivity index (χ0) is 24.1. The van der Waals surface area contributed by atoms with Crippen molar-refractivity contribution in [3.8, 4) is 0 Å². The van der Waals surface area contributed by atoms with Crippen LogP contribution in [-0.4, -0.2) is 76.7 Å². The summed E-state index contributed by atoms with van der Waals surface area (Å²) in [7, 11) is 1.42. The lowest BCUT2D eigenvalue weighted by molar-refractivity contribution is 0.0204. The SMILES string of the molecule is CCCO[C@H]1CN(c2nc(C(=O)NC)c(C(=O)O)s2)CC[C@H]1NC(=O)c1nc(Cl)c(CC)[nH]1. The van der Waals surface area contributed by atoms with Gasteiger partial charge in [-0.15, -0.1) is 0 Å². The average Bonchev–Trinajstić information content (AvgIpc) is 3.42. The molecule has 1 aliphatic rings. The molecule has 11 nitrogen and oxygen atoms in total. The number of carboxylic acid groups (broad SMARTS) is 1. The van der Waals surface area contributed by atoms with E-state index in [0.717, 1.165) is 17.8 Å². The van der Waals surface area contributed by atoms with Gasteiger partial charge in [0, 0.05) is 26.7 Å². The van der Waals surface area contributed by atoms with E-state index in [2.05, 4.69) is 25.6 Å². The van der Waals surface area contributed by atoms with E-state index in [0.29, 0.717) is 43.4 Å². The summed E-state index contributed by atoms with van der Waals surface area (Å²) in [5.41, 5.74) is 0.577. The van der Waals surface area contributed by atoms with Crippen LogP contribution in [0.2, 0.25) is 5.15 Å². The van der Waals surface area contributed by atoms with E-state index in [4.69, 9.17) is 16.3 Å². The summed E-state index contributed by atoms with van der Waals surface area (Å²) in [6.07, 6.45) is 1.60. The van der Waals surface area contributed by atoms with Crippen LogP contribution in [0.25, 0.3) is 0 Å². The minimum Gasteiger partial charge on any atom is -0.477 e. The highest BCUT2D eigenvalue weighted by atomic mass is 35.5. The zero-order valence-corrected chi connectivity index (χ0v) is 20.2. The molecule has 1 saturated heterocycles. The second kappa shape index (κ2) is 10.9. The molecule has 13 heteroatoms. The minimum absolute atomic E-state index is 0.118. The molecule has 1 aliphatic heterocycles. The first-order chi connectivity index (χ1) is 15.8. The molecule has 2 amide bonds. The number of aromatic carboxylic acids is 1. The number of ether oxygens (including phenoxy) is 1. The smallest absolute Gasteiger partial charge is 0.348 e. The number of aromatic amines is 1. The first-order valence-corrected chi connectivity index (χ1v) is 11.9. The van der Waals surface area contributed by atoms with Gasteiger partial charge in [-0.3, -0.25) is 9.59 Å². The van der Waals surface area contributed by atoms with Gasteiger partial charge in [0.15, 0.2) is 21.8 Å². The van der Waals surface area contributed by atoms with Crippen LogP contribution >= 0.6 is 22.9 Å². The summed E-state index contributed by atoms with van der Waals surface area (Å²) in [6, 6.07) is -0.286. The Kier molecular flexibility index (Phi) is 8.27. The lowest BCUT2D eigenvalue weighted by atomic mass is 10.0. The van der Waals surface area contributed by atoms with E-state index in [9.17, 15) is 19.5 Å². The minimum atomic E-state index is -1.21. The van der Waals surface area contributed by atoms with Crippen molar-refractivity contribution in [3.05, 3.63) is 27.2 Å². The van der Waals surface area contributed by atoms with Crippen molar-refractivity contribution in [1.29, 1.82) is 0 Å². The van der Waals surface area contributed by atoms with Crippen LogP contribution in [-0.2, 0) is 11.2 Å². The lowest BCUT2D eigenvalue weighted by Crippen LogP contribution is -2.55. The van der Waals surface area contributed by atoms with Crippen LogP contribution in [0.15, 0.2) is 0 Å². The number of imidazole rings is 1. The summed E-state index contributed by atoms with van der Waals surface area (Å²) in [4.78, 5) is 49.5. The highest BCUT2D eigenvalue weighted by Crippen LogP contribution is 2.30. The number of rotatable bonds is 9. The van der Waals surface area contributed by atoms with Crippen LogP contribution in [0.1, 0.15) is 63.2 Å². The molecule has 0 aromatic carbocycles. The number of carbonyl (C=O) groups excluding carboxylic acids is 2. The van der Waals surface area contributed by atoms with E-state index in [1.807, 2.05) is 18.7 Å². The number of halogens is 1. The third-order valence-corrected chi connectivity index (χ3v) is 6.65. The Morgan fingerprint density at radius 3 is 2.67 bits per heavy atom. The van der Waals surface area contributed by atoms with Crippen LogP contribution < -0.4 is 15.5 Å². The number of nitrogens with zero attached hydrogens (tertiary/aromatic N) is 3. The number of amides is 2. The maximum Gasteiger partial charge on any atom is 0.348 e. The number of thiazole rings is 1. The van der Waals surface area contributed by atoms with E-state index in [-0.39, 0.29) is 39.6 Å². The maximum atomic E-state index is 12.7.